The molecule has 1 aliphatic heterocycles. The molecule has 1 aromatic heterocycles. The molecule has 11 heavy (non-hydrogen) atoms. The van der Waals surface area contributed by atoms with Crippen LogP contribution in [0.4, 0.5) is 0 Å². The summed E-state index contributed by atoms with van der Waals surface area (Å²) in [6.45, 7) is 0. The zero-order valence-corrected chi connectivity index (χ0v) is 6.26. The smallest absolute Gasteiger partial charge is 0.269 e. The van der Waals surface area contributed by atoms with E-state index in [1.165, 1.54) is 11.3 Å². The van der Waals surface area contributed by atoms with Crippen LogP contribution in [0.5, 0.6) is 0 Å². The molecule has 0 aromatic carbocycles. The molecule has 0 bridgehead atoms. The van der Waals surface area contributed by atoms with Crippen molar-refractivity contribution in [3.05, 3.63) is 22.4 Å². The third-order valence-corrected chi connectivity index (χ3v) is 2.24. The molecule has 1 amide bonds. The molecule has 5 heteroatoms. The second-order valence-corrected chi connectivity index (χ2v) is 3.02. The number of rotatable bonds is 1. The Balaban J connectivity index is 2.23. The third kappa shape index (κ3) is 1.13. The van der Waals surface area contributed by atoms with Crippen molar-refractivity contribution in [2.24, 2.45) is 0 Å². The highest BCUT2D eigenvalue weighted by Gasteiger charge is 2.29. The number of carbonyl (C=O) groups excluding carboxylic acids is 1. The lowest BCUT2D eigenvalue weighted by Gasteiger charge is -1.96. The highest BCUT2D eigenvalue weighted by molar-refractivity contribution is 7.10. The Labute approximate surface area is 66.6 Å². The van der Waals surface area contributed by atoms with Gasteiger partial charge in [0.05, 0.1) is 0 Å². The van der Waals surface area contributed by atoms with Gasteiger partial charge < -0.3 is 0 Å². The van der Waals surface area contributed by atoms with Crippen molar-refractivity contribution in [2.45, 2.75) is 6.10 Å². The summed E-state index contributed by atoms with van der Waals surface area (Å²) < 4.78 is 0. The quantitative estimate of drug-likeness (QED) is 0.635. The van der Waals surface area contributed by atoms with Crippen LogP contribution >= 0.6 is 11.3 Å². The average molecular weight is 171 g/mol. The average Bonchev–Trinajstić information content (AvgIpc) is 2.55. The van der Waals surface area contributed by atoms with Crippen LogP contribution in [0.15, 0.2) is 17.5 Å². The molecule has 58 valence electrons. The van der Waals surface area contributed by atoms with Crippen LogP contribution in [0.3, 0.4) is 0 Å². The number of hydrogen-bond acceptors (Lipinski definition) is 4. The monoisotopic (exact) mass is 171 g/mol. The minimum Gasteiger partial charge on any atom is -0.269 e. The topological polar surface area (TPSA) is 47.6 Å². The Morgan fingerprint density at radius 3 is 3.09 bits per heavy atom. The van der Waals surface area contributed by atoms with Crippen molar-refractivity contribution < 1.29 is 14.7 Å². The number of nitrogens with one attached hydrogen (secondary N) is 1. The predicted molar refractivity (Wildman–Crippen MR) is 37.4 cm³/mol. The van der Waals surface area contributed by atoms with E-state index in [0.29, 0.717) is 0 Å². The standard InChI is InChI=1S/C6H5NO3S/c8-6-5(9-10-7-6)4-2-1-3-11-4/h1-3,5H,(H,7,8). The van der Waals surface area contributed by atoms with Crippen LogP contribution in [0.25, 0.3) is 0 Å². The molecule has 0 aliphatic carbocycles. The Morgan fingerprint density at radius 1 is 1.64 bits per heavy atom. The van der Waals surface area contributed by atoms with Gasteiger partial charge in [0.25, 0.3) is 5.91 Å². The second-order valence-electron chi connectivity index (χ2n) is 2.04. The summed E-state index contributed by atoms with van der Waals surface area (Å²) in [6.07, 6.45) is -0.588. The molecular weight excluding hydrogens is 166 g/mol. The highest BCUT2D eigenvalue weighted by atomic mass is 32.1. The van der Waals surface area contributed by atoms with Gasteiger partial charge >= 0.3 is 0 Å². The Kier molecular flexibility index (Phi) is 1.61. The fourth-order valence-electron chi connectivity index (χ4n) is 0.828. The van der Waals surface area contributed by atoms with E-state index >= 15 is 0 Å². The van der Waals surface area contributed by atoms with E-state index in [1.54, 1.807) is 0 Å². The molecule has 2 heterocycles. The van der Waals surface area contributed by atoms with E-state index in [4.69, 9.17) is 0 Å². The minimum absolute atomic E-state index is 0.257. The second kappa shape index (κ2) is 2.61. The summed E-state index contributed by atoms with van der Waals surface area (Å²) in [5.41, 5.74) is 2.10. The van der Waals surface area contributed by atoms with Gasteiger partial charge in [0.1, 0.15) is 0 Å². The molecule has 1 atom stereocenters. The van der Waals surface area contributed by atoms with E-state index < -0.39 is 6.10 Å². The molecule has 1 N–H and O–H groups in total. The molecule has 0 spiro atoms. The summed E-state index contributed by atoms with van der Waals surface area (Å²) in [5.74, 6) is -0.257. The zero-order valence-electron chi connectivity index (χ0n) is 5.44. The van der Waals surface area contributed by atoms with Crippen LogP contribution in [-0.4, -0.2) is 5.91 Å². The number of hydroxylamine groups is 1. The van der Waals surface area contributed by atoms with Gasteiger partial charge in [-0.15, -0.1) is 16.3 Å². The molecule has 2 rings (SSSR count). The minimum atomic E-state index is -0.588. The van der Waals surface area contributed by atoms with Gasteiger partial charge in [-0.25, -0.2) is 0 Å². The Bertz CT molecular complexity index is 259. The lowest BCUT2D eigenvalue weighted by molar-refractivity contribution is -0.308. The maximum absolute atomic E-state index is 10.9. The third-order valence-electron chi connectivity index (χ3n) is 1.33. The number of hydrogen-bond donors (Lipinski definition) is 1. The summed E-state index contributed by atoms with van der Waals surface area (Å²) >= 11 is 1.46. The molecule has 4 nitrogen and oxygen atoms in total. The molecule has 1 saturated heterocycles. The fraction of sp³-hybridized carbons (Fsp3) is 0.167. The number of thiophene rings is 1. The molecule has 0 saturated carbocycles. The molecule has 0 radical (unpaired) electrons. The first-order valence-corrected chi connectivity index (χ1v) is 3.91. The van der Waals surface area contributed by atoms with Crippen molar-refractivity contribution >= 4 is 17.2 Å². The SMILES string of the molecule is O=C1NOOC1c1cccs1. The fourth-order valence-corrected chi connectivity index (χ4v) is 1.57. The van der Waals surface area contributed by atoms with Gasteiger partial charge in [-0.1, -0.05) is 6.07 Å². The Morgan fingerprint density at radius 2 is 2.55 bits per heavy atom. The summed E-state index contributed by atoms with van der Waals surface area (Å²) in [4.78, 5) is 20.7. The first-order valence-electron chi connectivity index (χ1n) is 3.03. The van der Waals surface area contributed by atoms with E-state index in [1.807, 2.05) is 17.5 Å². The zero-order chi connectivity index (χ0) is 7.68. The van der Waals surface area contributed by atoms with E-state index in [0.717, 1.165) is 4.88 Å². The van der Waals surface area contributed by atoms with Gasteiger partial charge in [-0.05, 0) is 11.4 Å². The Hall–Kier alpha value is -0.910. The molecule has 1 unspecified atom stereocenters. The molecule has 1 fully saturated rings. The van der Waals surface area contributed by atoms with Gasteiger partial charge in [0.15, 0.2) is 0 Å². The van der Waals surface area contributed by atoms with E-state index in [2.05, 4.69) is 15.4 Å². The van der Waals surface area contributed by atoms with Gasteiger partial charge in [0, 0.05) is 4.88 Å². The van der Waals surface area contributed by atoms with Gasteiger partial charge in [-0.2, -0.15) is 10.4 Å². The van der Waals surface area contributed by atoms with Gasteiger partial charge in [0.2, 0.25) is 6.10 Å². The van der Waals surface area contributed by atoms with Crippen molar-refractivity contribution in [3.8, 4) is 0 Å². The van der Waals surface area contributed by atoms with E-state index in [9.17, 15) is 4.79 Å². The lowest BCUT2D eigenvalue weighted by Crippen LogP contribution is -2.16. The van der Waals surface area contributed by atoms with Crippen LogP contribution in [-0.2, 0) is 14.7 Å². The highest BCUT2D eigenvalue weighted by Crippen LogP contribution is 2.25. The first kappa shape index (κ1) is 6.78. The normalized spacial score (nSPS) is 23.6. The maximum atomic E-state index is 10.9. The maximum Gasteiger partial charge on any atom is 0.284 e. The summed E-state index contributed by atoms with van der Waals surface area (Å²) in [6, 6.07) is 3.68. The van der Waals surface area contributed by atoms with Crippen molar-refractivity contribution in [3.63, 3.8) is 0 Å². The van der Waals surface area contributed by atoms with Crippen LogP contribution in [0.1, 0.15) is 11.0 Å². The summed E-state index contributed by atoms with van der Waals surface area (Å²) in [7, 11) is 0. The molecular formula is C6H5NO3S. The number of carbonyl (C=O) groups is 1. The lowest BCUT2D eigenvalue weighted by atomic mass is 10.3. The van der Waals surface area contributed by atoms with Crippen molar-refractivity contribution in [1.82, 2.24) is 5.48 Å². The largest absolute Gasteiger partial charge is 0.284 e. The molecule has 1 aromatic rings. The van der Waals surface area contributed by atoms with Crippen LogP contribution in [0.2, 0.25) is 0 Å². The summed E-state index contributed by atoms with van der Waals surface area (Å²) in [5, 5.41) is 1.88. The van der Waals surface area contributed by atoms with Crippen molar-refractivity contribution in [1.29, 1.82) is 0 Å². The number of amides is 1. The predicted octanol–water partition coefficient (Wildman–Crippen LogP) is 0.782. The van der Waals surface area contributed by atoms with Crippen LogP contribution < -0.4 is 5.48 Å². The van der Waals surface area contributed by atoms with Crippen LogP contribution in [0, 0.1) is 0 Å². The van der Waals surface area contributed by atoms with Gasteiger partial charge in [-0.3, -0.25) is 4.79 Å². The molecule has 1 aliphatic rings. The van der Waals surface area contributed by atoms with Crippen molar-refractivity contribution in [2.75, 3.05) is 0 Å². The first-order chi connectivity index (χ1) is 5.38. The van der Waals surface area contributed by atoms with E-state index in [-0.39, 0.29) is 5.91 Å².